The minimum Gasteiger partial charge on any atom is -1.00 e. The van der Waals surface area contributed by atoms with E-state index in [1.165, 1.54) is 0 Å². The van der Waals surface area contributed by atoms with Gasteiger partial charge in [0.15, 0.2) is 5.60 Å². The molecule has 0 rings (SSSR count). The molecule has 0 unspecified atom stereocenters. The summed E-state index contributed by atoms with van der Waals surface area (Å²) < 4.78 is 0. The molecule has 0 heterocycles. The van der Waals surface area contributed by atoms with Crippen molar-refractivity contribution < 1.29 is 87.7 Å². The van der Waals surface area contributed by atoms with E-state index < -0.39 is 36.4 Å². The number of carboxylic acid groups (broad SMARTS) is 3. The molecular weight excluding hydrogens is 271 g/mol. The van der Waals surface area contributed by atoms with Crippen LogP contribution in [-0.2, 0) is 14.4 Å². The first-order chi connectivity index (χ1) is 5.78. The Kier molecular flexibility index (Phi) is 28.5. The maximum Gasteiger partial charge on any atom is 1.00 e. The Labute approximate surface area is 124 Å². The van der Waals surface area contributed by atoms with Gasteiger partial charge in [0.2, 0.25) is 0 Å². The second kappa shape index (κ2) is 14.3. The van der Waals surface area contributed by atoms with E-state index in [2.05, 4.69) is 0 Å². The second-order valence-electron chi connectivity index (χ2n) is 2.48. The average Bonchev–Trinajstić information content (AvgIpc) is 1.82. The van der Waals surface area contributed by atoms with Gasteiger partial charge in [-0.15, -0.1) is 0 Å². The Hall–Kier alpha value is -0.790. The van der Waals surface area contributed by atoms with Gasteiger partial charge in [-0.05, 0) is 0 Å². The molecule has 12 N–H and O–H groups in total. The molecule has 0 aliphatic carbocycles. The zero-order valence-electron chi connectivity index (χ0n) is 10.4. The van der Waals surface area contributed by atoms with Gasteiger partial charge in [-0.2, -0.15) is 0 Å². The van der Waals surface area contributed by atoms with E-state index in [-0.39, 0.29) is 52.9 Å². The van der Waals surface area contributed by atoms with Crippen molar-refractivity contribution in [2.75, 3.05) is 0 Å². The molecule has 0 saturated heterocycles. The predicted molar refractivity (Wildman–Crippen MR) is 52.7 cm³/mol. The van der Waals surface area contributed by atoms with Gasteiger partial charge in [0.25, 0.3) is 0 Å². The first kappa shape index (κ1) is 36.0. The number of rotatable bonds is 5. The van der Waals surface area contributed by atoms with E-state index >= 15 is 0 Å². The molecule has 0 bridgehead atoms. The van der Waals surface area contributed by atoms with Crippen LogP contribution in [-0.4, -0.2) is 65.8 Å². The molecule has 12 heteroatoms. The maximum atomic E-state index is 10.3. The van der Waals surface area contributed by atoms with Crippen LogP contribution in [0.2, 0.25) is 0 Å². The molecule has 0 spiro atoms. The topological polar surface area (TPSA) is 258 Å². The molecule has 0 saturated carbocycles. The zero-order valence-corrected chi connectivity index (χ0v) is 11.4. The normalized spacial score (nSPS) is 7.83. The van der Waals surface area contributed by atoms with Gasteiger partial charge in [0.1, 0.15) is 0 Å². The number of carbonyl (C=O) groups is 3. The van der Waals surface area contributed by atoms with Crippen molar-refractivity contribution >= 4 is 17.9 Å². The summed E-state index contributed by atoms with van der Waals surface area (Å²) in [5, 5.41) is 33.8. The van der Waals surface area contributed by atoms with Crippen molar-refractivity contribution in [2.45, 2.75) is 18.4 Å². The number of hydrogen-bond donors (Lipinski definition) is 4. The number of carboxylic acids is 3. The molecule has 0 atom stereocenters. The number of hydrogen-bond acceptors (Lipinski definition) is 4. The molecular formula is C6H17NaO11. The largest absolute Gasteiger partial charge is 1.00 e. The Morgan fingerprint density at radius 1 is 0.833 bits per heavy atom. The summed E-state index contributed by atoms with van der Waals surface area (Å²) in [5.74, 6) is -5.02. The molecule has 0 aliphatic rings. The van der Waals surface area contributed by atoms with Crippen molar-refractivity contribution in [1.82, 2.24) is 0 Å². The molecule has 0 aromatic carbocycles. The summed E-state index contributed by atoms with van der Waals surface area (Å²) in [6, 6.07) is 0. The van der Waals surface area contributed by atoms with Crippen LogP contribution in [0, 0.1) is 0 Å². The Morgan fingerprint density at radius 3 is 1.17 bits per heavy atom. The van der Waals surface area contributed by atoms with Gasteiger partial charge in [0, 0.05) is 0 Å². The van der Waals surface area contributed by atoms with Gasteiger partial charge < -0.3 is 43.8 Å². The summed E-state index contributed by atoms with van der Waals surface area (Å²) in [7, 11) is 0. The number of aliphatic hydroxyl groups is 1. The summed E-state index contributed by atoms with van der Waals surface area (Å²) in [4.78, 5) is 30.5. The van der Waals surface area contributed by atoms with E-state index in [0.717, 1.165) is 0 Å². The minimum absolute atomic E-state index is 0. The predicted octanol–water partition coefficient (Wildman–Crippen LogP) is -7.43. The SMILES string of the molecule is O.O.O.O.O=C(O)CC(O)(CC(=O)O)C(=O)O.[H-].[Na+]. The van der Waals surface area contributed by atoms with Crippen LogP contribution in [0.25, 0.3) is 0 Å². The van der Waals surface area contributed by atoms with E-state index in [1.807, 2.05) is 0 Å². The Morgan fingerprint density at radius 2 is 1.06 bits per heavy atom. The Bertz CT molecular complexity index is 242. The van der Waals surface area contributed by atoms with E-state index in [0.29, 0.717) is 0 Å². The monoisotopic (exact) mass is 288 g/mol. The third-order valence-electron chi connectivity index (χ3n) is 1.29. The van der Waals surface area contributed by atoms with Gasteiger partial charge in [-0.3, -0.25) is 9.59 Å². The first-order valence-electron chi connectivity index (χ1n) is 3.17. The summed E-state index contributed by atoms with van der Waals surface area (Å²) in [5.41, 5.74) is -2.74. The van der Waals surface area contributed by atoms with Crippen LogP contribution in [0.5, 0.6) is 0 Å². The van der Waals surface area contributed by atoms with Crippen molar-refractivity contribution in [1.29, 1.82) is 0 Å². The van der Waals surface area contributed by atoms with Crippen molar-refractivity contribution in [3.63, 3.8) is 0 Å². The smallest absolute Gasteiger partial charge is 1.00 e. The van der Waals surface area contributed by atoms with Crippen LogP contribution in [0.1, 0.15) is 14.3 Å². The molecule has 18 heavy (non-hydrogen) atoms. The fraction of sp³-hybridized carbons (Fsp3) is 0.500. The van der Waals surface area contributed by atoms with Crippen LogP contribution >= 0.6 is 0 Å². The summed E-state index contributed by atoms with van der Waals surface area (Å²) >= 11 is 0. The molecule has 0 aromatic heterocycles. The standard InChI is InChI=1S/C6H8O7.Na.4H2O.H/c7-3(8)1-6(13,5(11)12)2-4(9)10;;;;;;/h13H,1-2H2,(H,7,8)(H,9,10)(H,11,12);;4*1H2;/q;+1;;;;;-1. The first-order valence-corrected chi connectivity index (χ1v) is 3.17. The van der Waals surface area contributed by atoms with Gasteiger partial charge in [0.05, 0.1) is 12.8 Å². The molecule has 11 nitrogen and oxygen atoms in total. The maximum absolute atomic E-state index is 10.3. The molecule has 0 aromatic rings. The third-order valence-corrected chi connectivity index (χ3v) is 1.29. The molecule has 108 valence electrons. The van der Waals surface area contributed by atoms with Gasteiger partial charge >= 0.3 is 47.5 Å². The van der Waals surface area contributed by atoms with Gasteiger partial charge in [-0.25, -0.2) is 4.79 Å². The minimum atomic E-state index is -2.74. The fourth-order valence-corrected chi connectivity index (χ4v) is 0.714. The zero-order chi connectivity index (χ0) is 10.6. The van der Waals surface area contributed by atoms with Crippen molar-refractivity contribution in [3.8, 4) is 0 Å². The summed E-state index contributed by atoms with van der Waals surface area (Å²) in [6.45, 7) is 0. The van der Waals surface area contributed by atoms with E-state index in [1.54, 1.807) is 0 Å². The fourth-order valence-electron chi connectivity index (χ4n) is 0.714. The van der Waals surface area contributed by atoms with Crippen LogP contribution in [0.15, 0.2) is 0 Å². The molecule has 0 aliphatic heterocycles. The van der Waals surface area contributed by atoms with Crippen molar-refractivity contribution in [2.24, 2.45) is 0 Å². The number of aliphatic carboxylic acids is 3. The quantitative estimate of drug-likeness (QED) is 0.354. The average molecular weight is 288 g/mol. The second-order valence-corrected chi connectivity index (χ2v) is 2.48. The van der Waals surface area contributed by atoms with E-state index in [9.17, 15) is 14.4 Å². The van der Waals surface area contributed by atoms with Crippen molar-refractivity contribution in [3.05, 3.63) is 0 Å². The molecule has 0 amide bonds. The Balaban J connectivity index is -0.0000000480. The molecule has 0 fully saturated rings. The van der Waals surface area contributed by atoms with Gasteiger partial charge in [-0.1, -0.05) is 0 Å². The van der Waals surface area contributed by atoms with Crippen LogP contribution in [0.4, 0.5) is 0 Å². The van der Waals surface area contributed by atoms with Crippen LogP contribution < -0.4 is 29.6 Å². The van der Waals surface area contributed by atoms with Crippen LogP contribution in [0.3, 0.4) is 0 Å². The third kappa shape index (κ3) is 13.3. The molecule has 0 radical (unpaired) electrons. The van der Waals surface area contributed by atoms with E-state index in [4.69, 9.17) is 20.4 Å². The summed E-state index contributed by atoms with van der Waals surface area (Å²) in [6.07, 6.45) is -2.29.